The van der Waals surface area contributed by atoms with Crippen molar-refractivity contribution in [2.75, 3.05) is 19.1 Å². The fourth-order valence-corrected chi connectivity index (χ4v) is 2.62. The number of ether oxygens (including phenoxy) is 2. The molecule has 2 rings (SSSR count). The summed E-state index contributed by atoms with van der Waals surface area (Å²) in [7, 11) is 1.52. The van der Waals surface area contributed by atoms with Gasteiger partial charge in [0.05, 0.1) is 22.8 Å². The number of carbonyl (C=O) groups excluding carboxylic acids is 1. The van der Waals surface area contributed by atoms with E-state index in [9.17, 15) is 4.79 Å². The van der Waals surface area contributed by atoms with Gasteiger partial charge < -0.3 is 9.47 Å². The van der Waals surface area contributed by atoms with E-state index < -0.39 is 5.91 Å². The Morgan fingerprint density at radius 1 is 1.09 bits per heavy atom. The number of methoxy groups -OCH3 is 1. The van der Waals surface area contributed by atoms with E-state index in [1.165, 1.54) is 19.2 Å². The number of anilines is 1. The van der Waals surface area contributed by atoms with E-state index in [0.29, 0.717) is 22.2 Å². The Labute approximate surface area is 148 Å². The second kappa shape index (κ2) is 8.15. The third kappa shape index (κ3) is 4.82. The van der Waals surface area contributed by atoms with Gasteiger partial charge in [0.25, 0.3) is 5.91 Å². The SMILES string of the molecule is COc1ccccc1OCC(=O)NNc1c(Cl)cc(Cl)cc1Cl. The summed E-state index contributed by atoms with van der Waals surface area (Å²) >= 11 is 17.8. The number of hydrazine groups is 1. The first-order valence-electron chi connectivity index (χ1n) is 6.46. The average molecular weight is 376 g/mol. The summed E-state index contributed by atoms with van der Waals surface area (Å²) in [5.41, 5.74) is 5.43. The number of para-hydroxylation sites is 2. The number of hydrogen-bond donors (Lipinski definition) is 2. The van der Waals surface area contributed by atoms with Crippen LogP contribution in [0.1, 0.15) is 0 Å². The lowest BCUT2D eigenvalue weighted by molar-refractivity contribution is -0.122. The quantitative estimate of drug-likeness (QED) is 0.744. The van der Waals surface area contributed by atoms with Gasteiger partial charge in [0, 0.05) is 5.02 Å². The lowest BCUT2D eigenvalue weighted by Gasteiger charge is -2.13. The minimum Gasteiger partial charge on any atom is -0.493 e. The highest BCUT2D eigenvalue weighted by atomic mass is 35.5. The molecule has 0 aromatic heterocycles. The number of hydrogen-bond acceptors (Lipinski definition) is 4. The number of nitrogens with one attached hydrogen (secondary N) is 2. The average Bonchev–Trinajstić information content (AvgIpc) is 2.52. The molecular weight excluding hydrogens is 363 g/mol. The van der Waals surface area contributed by atoms with Gasteiger partial charge in [-0.15, -0.1) is 0 Å². The summed E-state index contributed by atoms with van der Waals surface area (Å²) in [6, 6.07) is 10.0. The van der Waals surface area contributed by atoms with Crippen LogP contribution in [0.5, 0.6) is 11.5 Å². The fraction of sp³-hybridized carbons (Fsp3) is 0.133. The highest BCUT2D eigenvalue weighted by Gasteiger charge is 2.10. The minimum atomic E-state index is -0.419. The molecule has 0 aliphatic heterocycles. The maximum Gasteiger partial charge on any atom is 0.276 e. The number of amides is 1. The monoisotopic (exact) mass is 374 g/mol. The van der Waals surface area contributed by atoms with Crippen molar-refractivity contribution in [1.82, 2.24) is 5.43 Å². The van der Waals surface area contributed by atoms with E-state index in [4.69, 9.17) is 44.3 Å². The Kier molecular flexibility index (Phi) is 6.21. The van der Waals surface area contributed by atoms with Gasteiger partial charge in [0.15, 0.2) is 18.1 Å². The second-order valence-electron chi connectivity index (χ2n) is 4.36. The molecule has 0 aliphatic carbocycles. The van der Waals surface area contributed by atoms with Crippen LogP contribution in [0, 0.1) is 0 Å². The molecule has 0 fully saturated rings. The molecule has 0 spiro atoms. The van der Waals surface area contributed by atoms with Gasteiger partial charge in [-0.25, -0.2) is 0 Å². The molecule has 0 bridgehead atoms. The predicted molar refractivity (Wildman–Crippen MR) is 91.7 cm³/mol. The predicted octanol–water partition coefficient (Wildman–Crippen LogP) is 4.18. The Morgan fingerprint density at radius 3 is 2.30 bits per heavy atom. The molecule has 0 radical (unpaired) electrons. The molecule has 0 aliphatic rings. The molecule has 0 atom stereocenters. The van der Waals surface area contributed by atoms with Crippen molar-refractivity contribution < 1.29 is 14.3 Å². The van der Waals surface area contributed by atoms with E-state index in [0.717, 1.165) is 0 Å². The third-order valence-electron chi connectivity index (χ3n) is 2.76. The minimum absolute atomic E-state index is 0.212. The zero-order chi connectivity index (χ0) is 16.8. The van der Waals surface area contributed by atoms with E-state index >= 15 is 0 Å². The fourth-order valence-electron chi connectivity index (χ4n) is 1.71. The van der Waals surface area contributed by atoms with E-state index in [2.05, 4.69) is 10.9 Å². The smallest absolute Gasteiger partial charge is 0.276 e. The summed E-state index contributed by atoms with van der Waals surface area (Å²) < 4.78 is 10.5. The van der Waals surface area contributed by atoms with Gasteiger partial charge in [-0.1, -0.05) is 46.9 Å². The zero-order valence-electron chi connectivity index (χ0n) is 12.0. The molecule has 5 nitrogen and oxygen atoms in total. The Balaban J connectivity index is 1.91. The highest BCUT2D eigenvalue weighted by Crippen LogP contribution is 2.33. The van der Waals surface area contributed by atoms with Gasteiger partial charge in [-0.2, -0.15) is 0 Å². The largest absolute Gasteiger partial charge is 0.493 e. The number of carbonyl (C=O) groups is 1. The van der Waals surface area contributed by atoms with Crippen LogP contribution < -0.4 is 20.3 Å². The number of benzene rings is 2. The second-order valence-corrected chi connectivity index (χ2v) is 5.61. The van der Waals surface area contributed by atoms with Crippen molar-refractivity contribution in [3.8, 4) is 11.5 Å². The maximum absolute atomic E-state index is 11.8. The zero-order valence-corrected chi connectivity index (χ0v) is 14.3. The summed E-state index contributed by atoms with van der Waals surface area (Å²) in [5.74, 6) is 0.586. The molecular formula is C15H13Cl3N2O3. The first-order valence-corrected chi connectivity index (χ1v) is 7.60. The first kappa shape index (κ1) is 17.5. The van der Waals surface area contributed by atoms with Crippen LogP contribution in [-0.2, 0) is 4.79 Å². The van der Waals surface area contributed by atoms with Gasteiger partial charge in [0.1, 0.15) is 0 Å². The highest BCUT2D eigenvalue weighted by molar-refractivity contribution is 6.41. The lowest BCUT2D eigenvalue weighted by Crippen LogP contribution is -2.33. The van der Waals surface area contributed by atoms with Crippen LogP contribution in [0.15, 0.2) is 36.4 Å². The van der Waals surface area contributed by atoms with Gasteiger partial charge >= 0.3 is 0 Å². The molecule has 0 saturated carbocycles. The molecule has 2 aromatic carbocycles. The van der Waals surface area contributed by atoms with Crippen LogP contribution in [0.3, 0.4) is 0 Å². The molecule has 0 unspecified atom stereocenters. The van der Waals surface area contributed by atoms with Crippen molar-refractivity contribution in [2.45, 2.75) is 0 Å². The van der Waals surface area contributed by atoms with E-state index in [-0.39, 0.29) is 16.7 Å². The Bertz CT molecular complexity index is 687. The first-order chi connectivity index (χ1) is 11.0. The van der Waals surface area contributed by atoms with Gasteiger partial charge in [0.2, 0.25) is 0 Å². The van der Waals surface area contributed by atoms with Crippen molar-refractivity contribution in [3.63, 3.8) is 0 Å². The van der Waals surface area contributed by atoms with Crippen molar-refractivity contribution in [2.24, 2.45) is 0 Å². The van der Waals surface area contributed by atoms with Crippen molar-refractivity contribution in [1.29, 1.82) is 0 Å². The molecule has 1 amide bonds. The molecule has 8 heteroatoms. The maximum atomic E-state index is 11.8. The van der Waals surface area contributed by atoms with Crippen LogP contribution in [-0.4, -0.2) is 19.6 Å². The standard InChI is InChI=1S/C15H13Cl3N2O3/c1-22-12-4-2-3-5-13(12)23-8-14(21)19-20-15-10(17)6-9(16)7-11(15)18/h2-7,20H,8H2,1H3,(H,19,21). The summed E-state index contributed by atoms with van der Waals surface area (Å²) in [4.78, 5) is 11.8. The summed E-state index contributed by atoms with van der Waals surface area (Å²) in [6.07, 6.45) is 0. The molecule has 2 aromatic rings. The van der Waals surface area contributed by atoms with Gasteiger partial charge in [-0.3, -0.25) is 15.6 Å². The molecule has 0 saturated heterocycles. The van der Waals surface area contributed by atoms with Crippen LogP contribution in [0.25, 0.3) is 0 Å². The molecule has 2 N–H and O–H groups in total. The van der Waals surface area contributed by atoms with E-state index in [1.807, 2.05) is 0 Å². The Morgan fingerprint density at radius 2 is 1.70 bits per heavy atom. The van der Waals surface area contributed by atoms with E-state index in [1.54, 1.807) is 24.3 Å². The number of rotatable bonds is 6. The topological polar surface area (TPSA) is 59.6 Å². The Hall–Kier alpha value is -1.82. The summed E-state index contributed by atoms with van der Waals surface area (Å²) in [5, 5.41) is 0.971. The van der Waals surface area contributed by atoms with Crippen molar-refractivity contribution >= 4 is 46.4 Å². The normalized spacial score (nSPS) is 10.1. The molecule has 23 heavy (non-hydrogen) atoms. The van der Waals surface area contributed by atoms with Crippen molar-refractivity contribution in [3.05, 3.63) is 51.5 Å². The number of halogens is 3. The third-order valence-corrected chi connectivity index (χ3v) is 3.58. The molecule has 0 heterocycles. The molecule has 122 valence electrons. The van der Waals surface area contributed by atoms with Gasteiger partial charge in [-0.05, 0) is 24.3 Å². The lowest BCUT2D eigenvalue weighted by atomic mass is 10.3. The summed E-state index contributed by atoms with van der Waals surface area (Å²) in [6.45, 7) is -0.212. The van der Waals surface area contributed by atoms with Crippen LogP contribution in [0.4, 0.5) is 5.69 Å². The van der Waals surface area contributed by atoms with Crippen LogP contribution >= 0.6 is 34.8 Å². The van der Waals surface area contributed by atoms with Crippen LogP contribution in [0.2, 0.25) is 15.1 Å².